The van der Waals surface area contributed by atoms with Gasteiger partial charge in [0.2, 0.25) is 11.9 Å². The molecule has 2 aromatic carbocycles. The minimum Gasteiger partial charge on any atom is -0.368 e. The molecule has 11 heteroatoms. The van der Waals surface area contributed by atoms with E-state index in [-0.39, 0.29) is 5.91 Å². The molecule has 1 N–H and O–H groups in total. The van der Waals surface area contributed by atoms with Crippen LogP contribution in [0.5, 0.6) is 0 Å². The number of aliphatic imine (C=N–C) groups is 1. The molecule has 6 rings (SSSR count). The Labute approximate surface area is 238 Å². The number of halogens is 2. The summed E-state index contributed by atoms with van der Waals surface area (Å²) in [4.78, 5) is 35.7. The number of carbonyl (C=O) groups excluding carboxylic acids is 1. The molecular formula is C28H30Cl2N8O. The second kappa shape index (κ2) is 9.97. The van der Waals surface area contributed by atoms with Crippen LogP contribution in [0.15, 0.2) is 47.6 Å². The van der Waals surface area contributed by atoms with Gasteiger partial charge in [-0.3, -0.25) is 19.6 Å². The molecule has 39 heavy (non-hydrogen) atoms. The molecule has 1 saturated heterocycles. The minimum atomic E-state index is -0.320. The van der Waals surface area contributed by atoms with Crippen molar-refractivity contribution in [2.24, 2.45) is 4.99 Å². The van der Waals surface area contributed by atoms with E-state index < -0.39 is 0 Å². The van der Waals surface area contributed by atoms with Crippen LogP contribution in [-0.4, -0.2) is 72.0 Å². The van der Waals surface area contributed by atoms with Crippen LogP contribution in [0.25, 0.3) is 0 Å². The van der Waals surface area contributed by atoms with Gasteiger partial charge in [0.15, 0.2) is 5.82 Å². The summed E-state index contributed by atoms with van der Waals surface area (Å²) in [6.45, 7) is 9.76. The van der Waals surface area contributed by atoms with Gasteiger partial charge in [0.05, 0.1) is 22.3 Å². The van der Waals surface area contributed by atoms with Crippen molar-refractivity contribution in [2.45, 2.75) is 32.9 Å². The first-order valence-electron chi connectivity index (χ1n) is 13.0. The molecule has 0 aliphatic carbocycles. The van der Waals surface area contributed by atoms with Crippen LogP contribution in [0.2, 0.25) is 10.0 Å². The molecule has 3 aliphatic heterocycles. The SMILES string of the molecule is Cc1cc(Nc2ncc3c(n2)N2CCN=C2N(c2c(Cl)cccc2Cl)C3=O)ccc1N1CC(C)N(C)[C@@H](C)C1. The lowest BCUT2D eigenvalue weighted by Gasteiger charge is -2.44. The summed E-state index contributed by atoms with van der Waals surface area (Å²) in [5.41, 5.74) is 4.07. The van der Waals surface area contributed by atoms with Gasteiger partial charge < -0.3 is 10.2 Å². The first-order chi connectivity index (χ1) is 18.7. The smallest absolute Gasteiger partial charge is 0.270 e. The summed E-state index contributed by atoms with van der Waals surface area (Å²) in [5.74, 6) is 1.07. The number of hydrogen-bond acceptors (Lipinski definition) is 8. The van der Waals surface area contributed by atoms with Gasteiger partial charge in [-0.25, -0.2) is 9.88 Å². The summed E-state index contributed by atoms with van der Waals surface area (Å²) in [6.07, 6.45) is 1.55. The Balaban J connectivity index is 1.27. The maximum Gasteiger partial charge on any atom is 0.270 e. The first kappa shape index (κ1) is 25.9. The lowest BCUT2D eigenvalue weighted by molar-refractivity contribution is 0.1000. The van der Waals surface area contributed by atoms with Gasteiger partial charge in [0, 0.05) is 49.3 Å². The lowest BCUT2D eigenvalue weighted by atomic mass is 10.1. The maximum absolute atomic E-state index is 13.6. The van der Waals surface area contributed by atoms with Crippen molar-refractivity contribution >= 4 is 63.9 Å². The molecule has 0 radical (unpaired) electrons. The molecule has 1 fully saturated rings. The molecule has 0 bridgehead atoms. The Morgan fingerprint density at radius 1 is 1.05 bits per heavy atom. The molecular weight excluding hydrogens is 535 g/mol. The number of aryl methyl sites for hydroxylation is 1. The number of carbonyl (C=O) groups is 1. The molecule has 1 aromatic heterocycles. The third kappa shape index (κ3) is 4.48. The second-order valence-electron chi connectivity index (χ2n) is 10.4. The fourth-order valence-electron chi connectivity index (χ4n) is 5.55. The molecule has 3 aromatic rings. The summed E-state index contributed by atoms with van der Waals surface area (Å²) >= 11 is 12.9. The quantitative estimate of drug-likeness (QED) is 0.466. The molecule has 0 spiro atoms. The molecule has 2 atom stereocenters. The van der Waals surface area contributed by atoms with Crippen molar-refractivity contribution < 1.29 is 4.79 Å². The highest BCUT2D eigenvalue weighted by Gasteiger charge is 2.41. The van der Waals surface area contributed by atoms with E-state index in [9.17, 15) is 4.79 Å². The number of para-hydroxylation sites is 1. The van der Waals surface area contributed by atoms with Crippen molar-refractivity contribution in [3.05, 3.63) is 63.8 Å². The van der Waals surface area contributed by atoms with Gasteiger partial charge in [0.1, 0.15) is 5.56 Å². The van der Waals surface area contributed by atoms with Crippen LogP contribution in [0.4, 0.5) is 28.8 Å². The zero-order chi connectivity index (χ0) is 27.4. The summed E-state index contributed by atoms with van der Waals surface area (Å²) in [6, 6.07) is 12.4. The number of piperazine rings is 1. The van der Waals surface area contributed by atoms with E-state index in [1.54, 1.807) is 24.4 Å². The van der Waals surface area contributed by atoms with Gasteiger partial charge in [-0.15, -0.1) is 0 Å². The van der Waals surface area contributed by atoms with Crippen LogP contribution < -0.4 is 20.0 Å². The Morgan fingerprint density at radius 3 is 2.46 bits per heavy atom. The molecule has 202 valence electrons. The fraction of sp³-hybridized carbons (Fsp3) is 0.357. The normalized spacial score (nSPS) is 21.1. The van der Waals surface area contributed by atoms with Crippen LogP contribution >= 0.6 is 23.2 Å². The summed E-state index contributed by atoms with van der Waals surface area (Å²) in [7, 11) is 2.19. The number of anilines is 5. The zero-order valence-corrected chi connectivity index (χ0v) is 23.8. The minimum absolute atomic E-state index is 0.320. The second-order valence-corrected chi connectivity index (χ2v) is 11.2. The Kier molecular flexibility index (Phi) is 6.61. The predicted molar refractivity (Wildman–Crippen MR) is 158 cm³/mol. The van der Waals surface area contributed by atoms with E-state index in [0.717, 1.165) is 18.8 Å². The van der Waals surface area contributed by atoms with Crippen LogP contribution in [-0.2, 0) is 0 Å². The summed E-state index contributed by atoms with van der Waals surface area (Å²) < 4.78 is 0. The van der Waals surface area contributed by atoms with Gasteiger partial charge in [0.25, 0.3) is 5.91 Å². The van der Waals surface area contributed by atoms with Crippen molar-refractivity contribution in [1.82, 2.24) is 14.9 Å². The molecule has 0 saturated carbocycles. The van der Waals surface area contributed by atoms with Crippen molar-refractivity contribution in [3.63, 3.8) is 0 Å². The Morgan fingerprint density at radius 2 is 1.77 bits per heavy atom. The summed E-state index contributed by atoms with van der Waals surface area (Å²) in [5, 5.41) is 4.06. The van der Waals surface area contributed by atoms with Crippen LogP contribution in [0.3, 0.4) is 0 Å². The van der Waals surface area contributed by atoms with Gasteiger partial charge in [-0.2, -0.15) is 4.98 Å². The Bertz CT molecular complexity index is 1460. The molecule has 9 nitrogen and oxygen atoms in total. The number of nitrogens with one attached hydrogen (secondary N) is 1. The van der Waals surface area contributed by atoms with E-state index in [4.69, 9.17) is 28.2 Å². The molecule has 1 unspecified atom stereocenters. The Hall–Kier alpha value is -3.40. The third-order valence-corrected chi connectivity index (χ3v) is 8.40. The molecule has 4 heterocycles. The van der Waals surface area contributed by atoms with Gasteiger partial charge >= 0.3 is 0 Å². The number of hydrogen-bond donors (Lipinski definition) is 1. The monoisotopic (exact) mass is 564 g/mol. The van der Waals surface area contributed by atoms with Crippen LogP contribution in [0, 0.1) is 6.92 Å². The van der Waals surface area contributed by atoms with Gasteiger partial charge in [-0.1, -0.05) is 29.3 Å². The van der Waals surface area contributed by atoms with E-state index >= 15 is 0 Å². The average Bonchev–Trinajstić information content (AvgIpc) is 3.39. The van der Waals surface area contributed by atoms with Crippen LogP contribution in [0.1, 0.15) is 29.8 Å². The number of aromatic nitrogens is 2. The van der Waals surface area contributed by atoms with Crippen molar-refractivity contribution in [2.75, 3.05) is 53.2 Å². The van der Waals surface area contributed by atoms with E-state index in [0.29, 0.717) is 64.2 Å². The van der Waals surface area contributed by atoms with E-state index in [1.807, 2.05) is 11.0 Å². The highest BCUT2D eigenvalue weighted by molar-refractivity contribution is 6.43. The highest BCUT2D eigenvalue weighted by atomic mass is 35.5. The van der Waals surface area contributed by atoms with Crippen molar-refractivity contribution in [1.29, 1.82) is 0 Å². The van der Waals surface area contributed by atoms with E-state index in [1.165, 1.54) is 16.2 Å². The average molecular weight is 566 g/mol. The number of amides is 1. The third-order valence-electron chi connectivity index (χ3n) is 7.79. The number of nitrogens with zero attached hydrogens (tertiary/aromatic N) is 7. The number of benzene rings is 2. The fourth-order valence-corrected chi connectivity index (χ4v) is 6.12. The lowest BCUT2D eigenvalue weighted by Crippen LogP contribution is -2.55. The largest absolute Gasteiger partial charge is 0.368 e. The number of rotatable bonds is 4. The molecule has 1 amide bonds. The topological polar surface area (TPSA) is 80.2 Å². The predicted octanol–water partition coefficient (Wildman–Crippen LogP) is 5.20. The molecule has 3 aliphatic rings. The first-order valence-corrected chi connectivity index (χ1v) is 13.8. The van der Waals surface area contributed by atoms with E-state index in [2.05, 4.69) is 65.0 Å². The maximum atomic E-state index is 13.6. The highest BCUT2D eigenvalue weighted by Crippen LogP contribution is 2.40. The number of fused-ring (bicyclic) bond motifs is 3. The number of guanidine groups is 1. The number of likely N-dealkylation sites (N-methyl/N-ethyl adjacent to an activating group) is 1. The standard InChI is InChI=1S/C28H30Cl2N8O/c1-16-12-19(8-9-23(16)36-14-17(2)35(4)18(3)15-36)33-27-32-13-20-25(34-27)37-11-10-31-28(37)38(26(20)39)24-21(29)6-5-7-22(24)30/h5-9,12-13,17-18H,10-11,14-15H2,1-4H3,(H,32,33,34)/t17-,18?/m0/s1. The zero-order valence-electron chi connectivity index (χ0n) is 22.3. The van der Waals surface area contributed by atoms with Crippen molar-refractivity contribution in [3.8, 4) is 0 Å². The van der Waals surface area contributed by atoms with Gasteiger partial charge in [-0.05, 0) is 63.7 Å².